The first-order chi connectivity index (χ1) is 8.45. The molecule has 0 radical (unpaired) electrons. The SMILES string of the molecule is C[C@@H](Cc1cc2nc(Cl)nc(Cl)c2s1)NC(=O)O. The smallest absolute Gasteiger partial charge is 0.404 e. The summed E-state index contributed by atoms with van der Waals surface area (Å²) in [6, 6.07) is 1.66. The van der Waals surface area contributed by atoms with Crippen LogP contribution < -0.4 is 5.32 Å². The van der Waals surface area contributed by atoms with E-state index < -0.39 is 6.09 Å². The Labute approximate surface area is 117 Å². The fourth-order valence-electron chi connectivity index (χ4n) is 1.58. The zero-order valence-electron chi connectivity index (χ0n) is 9.28. The topological polar surface area (TPSA) is 75.1 Å². The molecule has 96 valence electrons. The number of fused-ring (bicyclic) bond motifs is 1. The maximum Gasteiger partial charge on any atom is 0.404 e. The number of amides is 1. The van der Waals surface area contributed by atoms with E-state index in [1.165, 1.54) is 11.3 Å². The minimum Gasteiger partial charge on any atom is -0.465 e. The molecule has 8 heteroatoms. The number of aromatic nitrogens is 2. The van der Waals surface area contributed by atoms with Gasteiger partial charge in [0.2, 0.25) is 5.28 Å². The van der Waals surface area contributed by atoms with Crippen LogP contribution in [0.2, 0.25) is 10.4 Å². The largest absolute Gasteiger partial charge is 0.465 e. The predicted molar refractivity (Wildman–Crippen MR) is 71.8 cm³/mol. The Morgan fingerprint density at radius 3 is 2.94 bits per heavy atom. The summed E-state index contributed by atoms with van der Waals surface area (Å²) in [5.41, 5.74) is 0.683. The van der Waals surface area contributed by atoms with Crippen molar-refractivity contribution in [2.24, 2.45) is 0 Å². The van der Waals surface area contributed by atoms with Crippen LogP contribution >= 0.6 is 34.5 Å². The minimum atomic E-state index is -1.04. The molecule has 0 unspecified atom stereocenters. The lowest BCUT2D eigenvalue weighted by Gasteiger charge is -2.08. The molecule has 2 aromatic rings. The Morgan fingerprint density at radius 2 is 2.28 bits per heavy atom. The van der Waals surface area contributed by atoms with Crippen LogP contribution in [0, 0.1) is 0 Å². The van der Waals surface area contributed by atoms with E-state index in [-0.39, 0.29) is 11.3 Å². The first-order valence-corrected chi connectivity index (χ1v) is 6.64. The molecule has 0 saturated carbocycles. The van der Waals surface area contributed by atoms with Gasteiger partial charge in [0, 0.05) is 17.3 Å². The molecule has 2 heterocycles. The third kappa shape index (κ3) is 3.01. The van der Waals surface area contributed by atoms with Crippen molar-refractivity contribution in [1.82, 2.24) is 15.3 Å². The van der Waals surface area contributed by atoms with Gasteiger partial charge in [-0.25, -0.2) is 14.8 Å². The van der Waals surface area contributed by atoms with Gasteiger partial charge in [-0.2, -0.15) is 0 Å². The second kappa shape index (κ2) is 5.26. The molecule has 1 atom stereocenters. The zero-order valence-corrected chi connectivity index (χ0v) is 11.6. The summed E-state index contributed by atoms with van der Waals surface area (Å²) in [5, 5.41) is 11.4. The molecule has 18 heavy (non-hydrogen) atoms. The van der Waals surface area contributed by atoms with E-state index in [1.54, 1.807) is 6.92 Å². The van der Waals surface area contributed by atoms with E-state index in [2.05, 4.69) is 15.3 Å². The highest BCUT2D eigenvalue weighted by atomic mass is 35.5. The molecule has 0 aliphatic rings. The van der Waals surface area contributed by atoms with Crippen LogP contribution in [0.25, 0.3) is 10.2 Å². The van der Waals surface area contributed by atoms with Crippen LogP contribution in [-0.2, 0) is 6.42 Å². The third-order valence-corrected chi connectivity index (χ3v) is 3.94. The number of hydrogen-bond acceptors (Lipinski definition) is 4. The monoisotopic (exact) mass is 305 g/mol. The first kappa shape index (κ1) is 13.3. The Hall–Kier alpha value is -1.11. The second-order valence-corrected chi connectivity index (χ2v) is 5.60. The van der Waals surface area contributed by atoms with Crippen molar-refractivity contribution >= 4 is 50.8 Å². The van der Waals surface area contributed by atoms with Gasteiger partial charge in [0.05, 0.1) is 10.2 Å². The molecular formula is C10H9Cl2N3O2S. The molecule has 0 aliphatic carbocycles. The van der Waals surface area contributed by atoms with E-state index >= 15 is 0 Å². The summed E-state index contributed by atoms with van der Waals surface area (Å²) in [6.45, 7) is 1.79. The standard InChI is InChI=1S/C10H9Cl2N3O2S/c1-4(13-10(16)17)2-5-3-6-7(18-5)8(11)15-9(12)14-6/h3-4,13H,2H2,1H3,(H,16,17)/t4-/m0/s1. The highest BCUT2D eigenvalue weighted by molar-refractivity contribution is 7.19. The molecule has 0 saturated heterocycles. The van der Waals surface area contributed by atoms with Gasteiger partial charge in [-0.15, -0.1) is 11.3 Å². The molecule has 2 aromatic heterocycles. The predicted octanol–water partition coefficient (Wildman–Crippen LogP) is 3.20. The van der Waals surface area contributed by atoms with Crippen molar-refractivity contribution < 1.29 is 9.90 Å². The van der Waals surface area contributed by atoms with E-state index in [0.29, 0.717) is 17.1 Å². The van der Waals surface area contributed by atoms with E-state index in [4.69, 9.17) is 28.3 Å². The van der Waals surface area contributed by atoms with Crippen molar-refractivity contribution in [3.8, 4) is 0 Å². The van der Waals surface area contributed by atoms with Crippen molar-refractivity contribution in [1.29, 1.82) is 0 Å². The average Bonchev–Trinajstić information content (AvgIpc) is 2.58. The van der Waals surface area contributed by atoms with Gasteiger partial charge >= 0.3 is 6.09 Å². The molecular weight excluding hydrogens is 297 g/mol. The quantitative estimate of drug-likeness (QED) is 0.674. The fourth-order valence-corrected chi connectivity index (χ4v) is 3.20. The summed E-state index contributed by atoms with van der Waals surface area (Å²) in [6.07, 6.45) is -0.467. The van der Waals surface area contributed by atoms with Crippen molar-refractivity contribution in [2.45, 2.75) is 19.4 Å². The number of nitrogens with zero attached hydrogens (tertiary/aromatic N) is 2. The van der Waals surface area contributed by atoms with Crippen LogP contribution in [-0.4, -0.2) is 27.2 Å². The summed E-state index contributed by atoms with van der Waals surface area (Å²) in [7, 11) is 0. The lowest BCUT2D eigenvalue weighted by molar-refractivity contribution is 0.191. The van der Waals surface area contributed by atoms with Gasteiger partial charge in [0.15, 0.2) is 5.15 Å². The normalized spacial score (nSPS) is 12.6. The number of carbonyl (C=O) groups is 1. The highest BCUT2D eigenvalue weighted by Crippen LogP contribution is 2.31. The Morgan fingerprint density at radius 1 is 1.56 bits per heavy atom. The lowest BCUT2D eigenvalue weighted by atomic mass is 10.2. The Balaban J connectivity index is 2.25. The number of rotatable bonds is 3. The van der Waals surface area contributed by atoms with Crippen LogP contribution in [0.5, 0.6) is 0 Å². The maximum absolute atomic E-state index is 10.5. The van der Waals surface area contributed by atoms with Gasteiger partial charge in [-0.05, 0) is 24.6 Å². The van der Waals surface area contributed by atoms with E-state index in [9.17, 15) is 4.79 Å². The van der Waals surface area contributed by atoms with Crippen LogP contribution in [0.4, 0.5) is 4.79 Å². The lowest BCUT2D eigenvalue weighted by Crippen LogP contribution is -2.32. The molecule has 0 aromatic carbocycles. The van der Waals surface area contributed by atoms with Gasteiger partial charge in [0.25, 0.3) is 0 Å². The van der Waals surface area contributed by atoms with Gasteiger partial charge in [-0.1, -0.05) is 11.6 Å². The number of nitrogens with one attached hydrogen (secondary N) is 1. The molecule has 0 spiro atoms. The molecule has 2 N–H and O–H groups in total. The summed E-state index contributed by atoms with van der Waals surface area (Å²) in [5.74, 6) is 0. The summed E-state index contributed by atoms with van der Waals surface area (Å²) >= 11 is 13.1. The van der Waals surface area contributed by atoms with Crippen LogP contribution in [0.3, 0.4) is 0 Å². The van der Waals surface area contributed by atoms with Gasteiger partial charge < -0.3 is 10.4 Å². The fraction of sp³-hybridized carbons (Fsp3) is 0.300. The van der Waals surface area contributed by atoms with Gasteiger partial charge in [0.1, 0.15) is 0 Å². The molecule has 5 nitrogen and oxygen atoms in total. The number of carboxylic acid groups (broad SMARTS) is 1. The zero-order chi connectivity index (χ0) is 13.3. The molecule has 1 amide bonds. The van der Waals surface area contributed by atoms with E-state index in [1.807, 2.05) is 6.07 Å². The van der Waals surface area contributed by atoms with Crippen LogP contribution in [0.15, 0.2) is 6.07 Å². The molecule has 0 fully saturated rings. The second-order valence-electron chi connectivity index (χ2n) is 3.77. The summed E-state index contributed by atoms with van der Waals surface area (Å²) in [4.78, 5) is 19.4. The maximum atomic E-state index is 10.5. The summed E-state index contributed by atoms with van der Waals surface area (Å²) < 4.78 is 0.763. The molecule has 0 bridgehead atoms. The average molecular weight is 306 g/mol. The Kier molecular flexibility index (Phi) is 3.89. The van der Waals surface area contributed by atoms with Crippen molar-refractivity contribution in [3.05, 3.63) is 21.4 Å². The number of halogens is 2. The van der Waals surface area contributed by atoms with Crippen molar-refractivity contribution in [2.75, 3.05) is 0 Å². The van der Waals surface area contributed by atoms with Crippen LogP contribution in [0.1, 0.15) is 11.8 Å². The third-order valence-electron chi connectivity index (χ3n) is 2.23. The highest BCUT2D eigenvalue weighted by Gasteiger charge is 2.12. The van der Waals surface area contributed by atoms with Gasteiger partial charge in [-0.3, -0.25) is 0 Å². The Bertz CT molecular complexity index is 602. The minimum absolute atomic E-state index is 0.105. The molecule has 0 aliphatic heterocycles. The first-order valence-electron chi connectivity index (χ1n) is 5.06. The molecule has 2 rings (SSSR count). The van der Waals surface area contributed by atoms with E-state index in [0.717, 1.165) is 9.58 Å². The number of hydrogen-bond donors (Lipinski definition) is 2. The van der Waals surface area contributed by atoms with Crippen molar-refractivity contribution in [3.63, 3.8) is 0 Å². The number of thiophene rings is 1.